The molecular formula is C18H24N2O5S. The first-order valence-electron chi connectivity index (χ1n) is 8.47. The highest BCUT2D eigenvalue weighted by Gasteiger charge is 2.45. The van der Waals surface area contributed by atoms with Crippen molar-refractivity contribution >= 4 is 21.9 Å². The number of likely N-dealkylation sites (N-methyl/N-ethyl adjacent to an activating group) is 1. The van der Waals surface area contributed by atoms with Gasteiger partial charge >= 0.3 is 5.97 Å². The van der Waals surface area contributed by atoms with Crippen LogP contribution in [0.4, 0.5) is 0 Å². The number of carboxylic acid groups (broad SMARTS) is 1. The highest BCUT2D eigenvalue weighted by molar-refractivity contribution is 7.89. The van der Waals surface area contributed by atoms with Gasteiger partial charge in [0.1, 0.15) is 5.54 Å². The summed E-state index contributed by atoms with van der Waals surface area (Å²) in [5, 5.41) is 9.70. The average Bonchev–Trinajstić information content (AvgIpc) is 2.65. The molecule has 1 aliphatic rings. The second-order valence-corrected chi connectivity index (χ2v) is 8.19. The Morgan fingerprint density at radius 1 is 1.23 bits per heavy atom. The van der Waals surface area contributed by atoms with Gasteiger partial charge in [-0.1, -0.05) is 25.3 Å². The molecule has 1 aliphatic carbocycles. The number of aliphatic carboxylic acids is 1. The summed E-state index contributed by atoms with van der Waals surface area (Å²) >= 11 is 0. The van der Waals surface area contributed by atoms with Crippen molar-refractivity contribution < 1.29 is 23.1 Å². The van der Waals surface area contributed by atoms with Crippen molar-refractivity contribution in [3.63, 3.8) is 0 Å². The van der Waals surface area contributed by atoms with Crippen LogP contribution in [-0.2, 0) is 14.8 Å². The molecule has 0 bridgehead atoms. The SMILES string of the molecule is C=CCNS(=O)(=O)c1ccc(C(=O)N(C)C2(C(=O)O)CCCCC2)cc1. The van der Waals surface area contributed by atoms with Crippen LogP contribution >= 0.6 is 0 Å². The van der Waals surface area contributed by atoms with E-state index in [0.29, 0.717) is 12.8 Å². The Bertz CT molecular complexity index is 780. The molecule has 2 N–H and O–H groups in total. The lowest BCUT2D eigenvalue weighted by atomic mass is 9.80. The van der Waals surface area contributed by atoms with E-state index in [9.17, 15) is 23.1 Å². The van der Waals surface area contributed by atoms with E-state index in [1.54, 1.807) is 0 Å². The Morgan fingerprint density at radius 3 is 2.31 bits per heavy atom. The maximum Gasteiger partial charge on any atom is 0.329 e. The fourth-order valence-electron chi connectivity index (χ4n) is 3.25. The molecule has 1 aromatic rings. The summed E-state index contributed by atoms with van der Waals surface area (Å²) in [7, 11) is -2.17. The molecule has 1 saturated carbocycles. The predicted octanol–water partition coefficient (Wildman–Crippen LogP) is 2.01. The summed E-state index contributed by atoms with van der Waals surface area (Å²) < 4.78 is 26.5. The molecule has 0 atom stereocenters. The molecule has 8 heteroatoms. The van der Waals surface area contributed by atoms with Gasteiger partial charge in [0, 0.05) is 19.2 Å². The van der Waals surface area contributed by atoms with Gasteiger partial charge in [-0.3, -0.25) is 4.79 Å². The number of hydrogen-bond acceptors (Lipinski definition) is 4. The molecule has 1 aromatic carbocycles. The minimum atomic E-state index is -3.67. The molecule has 0 spiro atoms. The quantitative estimate of drug-likeness (QED) is 0.704. The van der Waals surface area contributed by atoms with Crippen LogP contribution in [0.5, 0.6) is 0 Å². The number of nitrogens with one attached hydrogen (secondary N) is 1. The monoisotopic (exact) mass is 380 g/mol. The molecule has 0 unspecified atom stereocenters. The summed E-state index contributed by atoms with van der Waals surface area (Å²) in [5.74, 6) is -1.43. The Morgan fingerprint density at radius 2 is 1.81 bits per heavy atom. The standard InChI is InChI=1S/C18H24N2O5S/c1-3-13-19-26(24,25)15-9-7-14(8-10-15)16(21)20(2)18(17(22)23)11-5-4-6-12-18/h3,7-10,19H,1,4-6,11-13H2,2H3,(H,22,23). The third kappa shape index (κ3) is 3.96. The van der Waals surface area contributed by atoms with Gasteiger partial charge in [-0.15, -0.1) is 6.58 Å². The van der Waals surface area contributed by atoms with Crippen molar-refractivity contribution in [2.24, 2.45) is 0 Å². The predicted molar refractivity (Wildman–Crippen MR) is 97.4 cm³/mol. The second-order valence-electron chi connectivity index (χ2n) is 6.43. The van der Waals surface area contributed by atoms with E-state index in [1.807, 2.05) is 0 Å². The van der Waals surface area contributed by atoms with E-state index in [2.05, 4.69) is 11.3 Å². The van der Waals surface area contributed by atoms with Gasteiger partial charge in [-0.05, 0) is 37.1 Å². The minimum Gasteiger partial charge on any atom is -0.479 e. The van der Waals surface area contributed by atoms with Crippen LogP contribution in [0.25, 0.3) is 0 Å². The molecule has 0 aromatic heterocycles. The van der Waals surface area contributed by atoms with Crippen LogP contribution in [0.1, 0.15) is 42.5 Å². The highest BCUT2D eigenvalue weighted by Crippen LogP contribution is 2.34. The van der Waals surface area contributed by atoms with E-state index < -0.39 is 27.4 Å². The Balaban J connectivity index is 2.24. The van der Waals surface area contributed by atoms with Crippen LogP contribution in [0.3, 0.4) is 0 Å². The molecule has 1 fully saturated rings. The topological polar surface area (TPSA) is 104 Å². The fraction of sp³-hybridized carbons (Fsp3) is 0.444. The van der Waals surface area contributed by atoms with E-state index in [4.69, 9.17) is 0 Å². The Labute approximate surface area is 153 Å². The number of sulfonamides is 1. The summed E-state index contributed by atoms with van der Waals surface area (Å²) in [6.07, 6.45) is 4.75. The normalized spacial score (nSPS) is 16.7. The first-order valence-corrected chi connectivity index (χ1v) is 9.95. The van der Waals surface area contributed by atoms with Crippen molar-refractivity contribution in [2.75, 3.05) is 13.6 Å². The van der Waals surface area contributed by atoms with Crippen molar-refractivity contribution in [3.05, 3.63) is 42.5 Å². The molecule has 1 amide bonds. The van der Waals surface area contributed by atoms with Crippen LogP contribution in [-0.4, -0.2) is 49.4 Å². The maximum absolute atomic E-state index is 12.8. The smallest absolute Gasteiger partial charge is 0.329 e. The molecule has 7 nitrogen and oxygen atoms in total. The average molecular weight is 380 g/mol. The van der Waals surface area contributed by atoms with Crippen molar-refractivity contribution in [2.45, 2.75) is 42.5 Å². The molecule has 0 saturated heterocycles. The van der Waals surface area contributed by atoms with E-state index in [1.165, 1.54) is 42.3 Å². The van der Waals surface area contributed by atoms with Gasteiger partial charge in [0.2, 0.25) is 10.0 Å². The van der Waals surface area contributed by atoms with Crippen molar-refractivity contribution in [1.29, 1.82) is 0 Å². The number of nitrogens with zero attached hydrogens (tertiary/aromatic N) is 1. The summed E-state index contributed by atoms with van der Waals surface area (Å²) in [6, 6.07) is 5.47. The largest absolute Gasteiger partial charge is 0.479 e. The van der Waals surface area contributed by atoms with Gasteiger partial charge in [0.15, 0.2) is 0 Å². The van der Waals surface area contributed by atoms with E-state index in [-0.39, 0.29) is 17.0 Å². The summed E-state index contributed by atoms with van der Waals surface area (Å²) in [6.45, 7) is 3.56. The molecule has 2 rings (SSSR count). The number of carbonyl (C=O) groups is 2. The van der Waals surface area contributed by atoms with Crippen molar-refractivity contribution in [3.8, 4) is 0 Å². The second kappa shape index (κ2) is 8.01. The van der Waals surface area contributed by atoms with Gasteiger partial charge in [-0.25, -0.2) is 17.9 Å². The lowest BCUT2D eigenvalue weighted by Gasteiger charge is -2.41. The summed E-state index contributed by atoms with van der Waals surface area (Å²) in [5.41, 5.74) is -0.952. The van der Waals surface area contributed by atoms with E-state index >= 15 is 0 Å². The molecular weight excluding hydrogens is 356 g/mol. The zero-order valence-electron chi connectivity index (χ0n) is 14.8. The number of benzene rings is 1. The fourth-order valence-corrected chi connectivity index (χ4v) is 4.24. The van der Waals surface area contributed by atoms with Crippen molar-refractivity contribution in [1.82, 2.24) is 9.62 Å². The van der Waals surface area contributed by atoms with Gasteiger partial charge in [0.25, 0.3) is 5.91 Å². The van der Waals surface area contributed by atoms with Gasteiger partial charge < -0.3 is 10.0 Å². The van der Waals surface area contributed by atoms with E-state index in [0.717, 1.165) is 19.3 Å². The molecule has 0 heterocycles. The lowest BCUT2D eigenvalue weighted by molar-refractivity contribution is -0.151. The van der Waals surface area contributed by atoms with Crippen LogP contribution < -0.4 is 4.72 Å². The highest BCUT2D eigenvalue weighted by atomic mass is 32.2. The Hall–Kier alpha value is -2.19. The third-order valence-corrected chi connectivity index (χ3v) is 6.29. The van der Waals surface area contributed by atoms with Crippen LogP contribution in [0.15, 0.2) is 41.8 Å². The molecule has 26 heavy (non-hydrogen) atoms. The van der Waals surface area contributed by atoms with Crippen LogP contribution in [0.2, 0.25) is 0 Å². The number of hydrogen-bond donors (Lipinski definition) is 2. The first kappa shape index (κ1) is 20.1. The minimum absolute atomic E-state index is 0.0316. The van der Waals surface area contributed by atoms with Crippen LogP contribution in [0, 0.1) is 0 Å². The third-order valence-electron chi connectivity index (χ3n) is 4.85. The lowest BCUT2D eigenvalue weighted by Crippen LogP contribution is -2.56. The molecule has 142 valence electrons. The number of rotatable bonds is 7. The number of carbonyl (C=O) groups excluding carboxylic acids is 1. The number of carboxylic acids is 1. The van der Waals surface area contributed by atoms with Gasteiger partial charge in [-0.2, -0.15) is 0 Å². The molecule has 0 radical (unpaired) electrons. The first-order chi connectivity index (χ1) is 12.2. The van der Waals surface area contributed by atoms with Gasteiger partial charge in [0.05, 0.1) is 4.90 Å². The number of amides is 1. The Kier molecular flexibility index (Phi) is 6.20. The zero-order chi connectivity index (χ0) is 19.4. The molecule has 0 aliphatic heterocycles. The summed E-state index contributed by atoms with van der Waals surface area (Å²) in [4.78, 5) is 25.9. The zero-order valence-corrected chi connectivity index (χ0v) is 15.6. The maximum atomic E-state index is 12.8.